The first-order valence-corrected chi connectivity index (χ1v) is 9.86. The van der Waals surface area contributed by atoms with Crippen LogP contribution in [-0.2, 0) is 11.4 Å². The Balaban J connectivity index is 1.54. The number of hydrogen-bond donors (Lipinski definition) is 1. The van der Waals surface area contributed by atoms with Crippen LogP contribution in [0.25, 0.3) is 6.08 Å². The summed E-state index contributed by atoms with van der Waals surface area (Å²) in [6.45, 7) is 0.191. The van der Waals surface area contributed by atoms with Gasteiger partial charge in [-0.1, -0.05) is 17.7 Å². The Morgan fingerprint density at radius 3 is 2.79 bits per heavy atom. The summed E-state index contributed by atoms with van der Waals surface area (Å²) in [6, 6.07) is 9.92. The zero-order valence-electron chi connectivity index (χ0n) is 15.6. The SMILES string of the molecule is COc1ccc(/C=C2/NC(=S)N(C3CC3)C2=O)cc1COc1ccc(F)c(Cl)c1. The number of nitrogens with one attached hydrogen (secondary N) is 1. The predicted molar refractivity (Wildman–Crippen MR) is 112 cm³/mol. The summed E-state index contributed by atoms with van der Waals surface area (Å²) < 4.78 is 24.4. The van der Waals surface area contributed by atoms with Gasteiger partial charge in [-0.15, -0.1) is 0 Å². The zero-order chi connectivity index (χ0) is 20.5. The van der Waals surface area contributed by atoms with E-state index < -0.39 is 5.82 Å². The molecule has 4 rings (SSSR count). The van der Waals surface area contributed by atoms with Gasteiger partial charge in [0.25, 0.3) is 5.91 Å². The highest BCUT2D eigenvalue weighted by molar-refractivity contribution is 7.80. The number of ether oxygens (including phenoxy) is 2. The fourth-order valence-electron chi connectivity index (χ4n) is 3.11. The van der Waals surface area contributed by atoms with E-state index in [-0.39, 0.29) is 23.6 Å². The van der Waals surface area contributed by atoms with Gasteiger partial charge in [0.15, 0.2) is 5.11 Å². The average Bonchev–Trinajstić information content (AvgIpc) is 3.49. The van der Waals surface area contributed by atoms with Crippen LogP contribution in [0.2, 0.25) is 5.02 Å². The quantitative estimate of drug-likeness (QED) is 0.545. The molecule has 0 spiro atoms. The van der Waals surface area contributed by atoms with Gasteiger partial charge in [-0.2, -0.15) is 0 Å². The van der Waals surface area contributed by atoms with E-state index in [9.17, 15) is 9.18 Å². The van der Waals surface area contributed by atoms with E-state index in [1.165, 1.54) is 18.2 Å². The molecule has 29 heavy (non-hydrogen) atoms. The van der Waals surface area contributed by atoms with Gasteiger partial charge in [0.05, 0.1) is 12.1 Å². The number of carbonyl (C=O) groups excluding carboxylic acids is 1. The van der Waals surface area contributed by atoms with E-state index in [1.807, 2.05) is 12.1 Å². The Morgan fingerprint density at radius 1 is 1.31 bits per heavy atom. The van der Waals surface area contributed by atoms with Crippen LogP contribution >= 0.6 is 23.8 Å². The molecule has 1 amide bonds. The van der Waals surface area contributed by atoms with E-state index in [4.69, 9.17) is 33.3 Å². The van der Waals surface area contributed by atoms with Crippen LogP contribution < -0.4 is 14.8 Å². The third-order valence-electron chi connectivity index (χ3n) is 4.72. The number of rotatable bonds is 6. The number of hydrogen-bond acceptors (Lipinski definition) is 4. The first-order chi connectivity index (χ1) is 14.0. The number of thiocarbonyl (C=S) groups is 1. The van der Waals surface area contributed by atoms with E-state index in [2.05, 4.69) is 5.32 Å². The van der Waals surface area contributed by atoms with Gasteiger partial charge in [-0.25, -0.2) is 4.39 Å². The third kappa shape index (κ3) is 4.21. The van der Waals surface area contributed by atoms with Gasteiger partial charge in [-0.3, -0.25) is 9.69 Å². The summed E-state index contributed by atoms with van der Waals surface area (Å²) >= 11 is 11.1. The Labute approximate surface area is 178 Å². The second-order valence-electron chi connectivity index (χ2n) is 6.83. The van der Waals surface area contributed by atoms with Gasteiger partial charge < -0.3 is 14.8 Å². The number of benzene rings is 2. The topological polar surface area (TPSA) is 50.8 Å². The van der Waals surface area contributed by atoms with Crippen molar-refractivity contribution in [1.82, 2.24) is 10.2 Å². The highest BCUT2D eigenvalue weighted by Gasteiger charge is 2.41. The monoisotopic (exact) mass is 432 g/mol. The van der Waals surface area contributed by atoms with Gasteiger partial charge in [-0.05, 0) is 61.0 Å². The number of halogens is 2. The van der Waals surface area contributed by atoms with Crippen LogP contribution in [0, 0.1) is 5.82 Å². The first-order valence-electron chi connectivity index (χ1n) is 9.07. The summed E-state index contributed by atoms with van der Waals surface area (Å²) in [5.74, 6) is 0.477. The normalized spacial score (nSPS) is 17.6. The van der Waals surface area contributed by atoms with Crippen molar-refractivity contribution in [2.24, 2.45) is 0 Å². The number of carbonyl (C=O) groups is 1. The molecule has 0 radical (unpaired) electrons. The Morgan fingerprint density at radius 2 is 2.10 bits per heavy atom. The lowest BCUT2D eigenvalue weighted by atomic mass is 10.1. The van der Waals surface area contributed by atoms with Crippen molar-refractivity contribution >= 4 is 40.9 Å². The Bertz CT molecular complexity index is 1020. The van der Waals surface area contributed by atoms with Crippen molar-refractivity contribution in [3.63, 3.8) is 0 Å². The van der Waals surface area contributed by atoms with Crippen LogP contribution in [0.3, 0.4) is 0 Å². The summed E-state index contributed by atoms with van der Waals surface area (Å²) in [7, 11) is 1.57. The fourth-order valence-corrected chi connectivity index (χ4v) is 3.62. The molecule has 1 aliphatic heterocycles. The second kappa shape index (κ2) is 8.00. The molecule has 0 bridgehead atoms. The van der Waals surface area contributed by atoms with E-state index in [1.54, 1.807) is 24.2 Å². The van der Waals surface area contributed by atoms with Crippen molar-refractivity contribution in [2.45, 2.75) is 25.5 Å². The summed E-state index contributed by atoms with van der Waals surface area (Å²) in [5, 5.41) is 3.45. The van der Waals surface area contributed by atoms with Crippen molar-refractivity contribution in [3.8, 4) is 11.5 Å². The minimum atomic E-state index is -0.503. The molecule has 1 saturated heterocycles. The molecule has 0 aromatic heterocycles. The first kappa shape index (κ1) is 19.7. The maximum absolute atomic E-state index is 13.3. The Kier molecular flexibility index (Phi) is 5.43. The lowest BCUT2D eigenvalue weighted by molar-refractivity contribution is -0.122. The fraction of sp³-hybridized carbons (Fsp3) is 0.238. The van der Waals surface area contributed by atoms with Gasteiger partial charge >= 0.3 is 0 Å². The molecular formula is C21H18ClFN2O3S. The van der Waals surface area contributed by atoms with Crippen LogP contribution in [0.1, 0.15) is 24.0 Å². The van der Waals surface area contributed by atoms with E-state index >= 15 is 0 Å². The largest absolute Gasteiger partial charge is 0.496 e. The van der Waals surface area contributed by atoms with Gasteiger partial charge in [0.2, 0.25) is 0 Å². The molecule has 1 saturated carbocycles. The molecule has 1 aliphatic carbocycles. The van der Waals surface area contributed by atoms with Crippen molar-refractivity contribution in [2.75, 3.05) is 7.11 Å². The molecule has 0 atom stereocenters. The molecule has 2 fully saturated rings. The molecular weight excluding hydrogens is 415 g/mol. The summed E-state index contributed by atoms with van der Waals surface area (Å²) in [5.41, 5.74) is 2.02. The molecule has 150 valence electrons. The van der Waals surface area contributed by atoms with Crippen LogP contribution in [0.4, 0.5) is 4.39 Å². The summed E-state index contributed by atoms with van der Waals surface area (Å²) in [6.07, 6.45) is 3.73. The van der Waals surface area contributed by atoms with Crippen LogP contribution in [-0.4, -0.2) is 29.1 Å². The third-order valence-corrected chi connectivity index (χ3v) is 5.31. The maximum Gasteiger partial charge on any atom is 0.276 e. The molecule has 2 aromatic rings. The van der Waals surface area contributed by atoms with E-state index in [0.29, 0.717) is 22.3 Å². The molecule has 1 heterocycles. The number of amides is 1. The minimum Gasteiger partial charge on any atom is -0.496 e. The van der Waals surface area contributed by atoms with Crippen molar-refractivity contribution in [3.05, 3.63) is 64.1 Å². The molecule has 8 heteroatoms. The summed E-state index contributed by atoms with van der Waals surface area (Å²) in [4.78, 5) is 14.2. The highest BCUT2D eigenvalue weighted by Crippen LogP contribution is 2.31. The number of methoxy groups -OCH3 is 1. The predicted octanol–water partition coefficient (Wildman–Crippen LogP) is 4.29. The lowest BCUT2D eigenvalue weighted by Gasteiger charge is -2.12. The van der Waals surface area contributed by atoms with Gasteiger partial charge in [0, 0.05) is 17.7 Å². The Hall–Kier alpha value is -2.64. The molecule has 5 nitrogen and oxygen atoms in total. The number of nitrogens with zero attached hydrogens (tertiary/aromatic N) is 1. The second-order valence-corrected chi connectivity index (χ2v) is 7.62. The van der Waals surface area contributed by atoms with Crippen LogP contribution in [0.15, 0.2) is 42.1 Å². The van der Waals surface area contributed by atoms with Gasteiger partial charge in [0.1, 0.15) is 29.6 Å². The lowest BCUT2D eigenvalue weighted by Crippen LogP contribution is -2.32. The molecule has 2 aliphatic rings. The minimum absolute atomic E-state index is 0.00467. The molecule has 1 N–H and O–H groups in total. The van der Waals surface area contributed by atoms with Crippen molar-refractivity contribution < 1.29 is 18.7 Å². The average molecular weight is 433 g/mol. The standard InChI is InChI=1S/C21H18ClFN2O3S/c1-27-19-7-2-12(9-18-20(26)25(14-3-4-14)21(29)24-18)8-13(19)11-28-15-5-6-17(23)16(22)10-15/h2,5-10,14H,3-4,11H2,1H3,(H,24,29)/b18-9+. The highest BCUT2D eigenvalue weighted by atomic mass is 35.5. The molecule has 2 aromatic carbocycles. The van der Waals surface area contributed by atoms with Crippen molar-refractivity contribution in [1.29, 1.82) is 0 Å². The maximum atomic E-state index is 13.3. The molecule has 0 unspecified atom stereocenters. The van der Waals surface area contributed by atoms with Crippen LogP contribution in [0.5, 0.6) is 11.5 Å². The smallest absolute Gasteiger partial charge is 0.276 e. The van der Waals surface area contributed by atoms with E-state index in [0.717, 1.165) is 24.0 Å². The zero-order valence-corrected chi connectivity index (χ0v) is 17.1.